The second-order valence-corrected chi connectivity index (χ2v) is 4.72. The van der Waals surface area contributed by atoms with Crippen LogP contribution in [0.15, 0.2) is 22.7 Å². The van der Waals surface area contributed by atoms with E-state index in [1.165, 1.54) is 18.2 Å². The molecule has 0 N–H and O–H groups in total. The number of hydrogen-bond donors (Lipinski definition) is 0. The number of alkyl halides is 3. The van der Waals surface area contributed by atoms with E-state index >= 15 is 0 Å². The lowest BCUT2D eigenvalue weighted by Crippen LogP contribution is -2.17. The molecule has 1 aromatic carbocycles. The zero-order chi connectivity index (χ0) is 13.5. The summed E-state index contributed by atoms with van der Waals surface area (Å²) in [5.74, 6) is -0.308. The number of hydrogen-bond acceptors (Lipinski definition) is 2. The van der Waals surface area contributed by atoms with Crippen molar-refractivity contribution >= 4 is 38.4 Å². The first-order chi connectivity index (χ1) is 8.28. The third kappa shape index (κ3) is 2.70. The van der Waals surface area contributed by atoms with Gasteiger partial charge in [0.2, 0.25) is 0 Å². The van der Waals surface area contributed by atoms with E-state index in [1.807, 2.05) is 0 Å². The smallest absolute Gasteiger partial charge is 0.406 e. The van der Waals surface area contributed by atoms with Crippen LogP contribution in [0.25, 0.3) is 10.9 Å². The van der Waals surface area contributed by atoms with Crippen molar-refractivity contribution in [2.24, 2.45) is 0 Å². The third-order valence-electron chi connectivity index (χ3n) is 2.24. The van der Waals surface area contributed by atoms with Gasteiger partial charge in [0.25, 0.3) is 0 Å². The number of nitrogens with zero attached hydrogens (tertiary/aromatic N) is 1. The van der Waals surface area contributed by atoms with Crippen LogP contribution in [0.2, 0.25) is 5.02 Å². The largest absolute Gasteiger partial charge is 0.573 e. The average Bonchev–Trinajstić information content (AvgIpc) is 2.25. The molecule has 96 valence electrons. The Morgan fingerprint density at radius 3 is 2.61 bits per heavy atom. The van der Waals surface area contributed by atoms with Crippen molar-refractivity contribution in [2.75, 3.05) is 0 Å². The molecule has 2 rings (SSSR count). The Bertz CT molecular complexity index is 615. The van der Waals surface area contributed by atoms with Gasteiger partial charge in [0, 0.05) is 9.86 Å². The van der Waals surface area contributed by atoms with Gasteiger partial charge < -0.3 is 4.74 Å². The molecule has 18 heavy (non-hydrogen) atoms. The normalized spacial score (nSPS) is 11.9. The van der Waals surface area contributed by atoms with Gasteiger partial charge in [-0.15, -0.1) is 13.2 Å². The summed E-state index contributed by atoms with van der Waals surface area (Å²) < 4.78 is 40.7. The predicted molar refractivity (Wildman–Crippen MR) is 65.9 cm³/mol. The minimum absolute atomic E-state index is 0.308. The molecule has 0 aliphatic rings. The van der Waals surface area contributed by atoms with E-state index in [-0.39, 0.29) is 5.75 Å². The molecular weight excluding hydrogens is 334 g/mol. The molecule has 0 radical (unpaired) electrons. The van der Waals surface area contributed by atoms with Crippen LogP contribution in [0.4, 0.5) is 13.2 Å². The van der Waals surface area contributed by atoms with Gasteiger partial charge in [0.15, 0.2) is 0 Å². The van der Waals surface area contributed by atoms with Crippen molar-refractivity contribution in [2.45, 2.75) is 13.3 Å². The molecule has 0 bridgehead atoms. The van der Waals surface area contributed by atoms with Crippen LogP contribution in [0.3, 0.4) is 0 Å². The van der Waals surface area contributed by atoms with Crippen LogP contribution in [0.1, 0.15) is 5.69 Å². The van der Waals surface area contributed by atoms with Crippen LogP contribution in [-0.4, -0.2) is 11.3 Å². The quantitative estimate of drug-likeness (QED) is 0.740. The first kappa shape index (κ1) is 13.4. The Hall–Kier alpha value is -1.01. The summed E-state index contributed by atoms with van der Waals surface area (Å²) >= 11 is 9.21. The molecule has 7 heteroatoms. The molecular formula is C11H6BrClF3NO. The summed E-state index contributed by atoms with van der Waals surface area (Å²) in [6, 6.07) is 3.90. The Balaban J connectivity index is 2.58. The molecule has 0 atom stereocenters. The van der Waals surface area contributed by atoms with Crippen LogP contribution in [0.5, 0.6) is 5.75 Å². The fraction of sp³-hybridized carbons (Fsp3) is 0.182. The van der Waals surface area contributed by atoms with Crippen LogP contribution >= 0.6 is 27.5 Å². The molecule has 0 saturated heterocycles. The number of aryl methyl sites for hydroxylation is 1. The zero-order valence-corrected chi connectivity index (χ0v) is 11.3. The predicted octanol–water partition coefficient (Wildman–Crippen LogP) is 4.86. The first-order valence-electron chi connectivity index (χ1n) is 4.79. The molecule has 0 fully saturated rings. The fourth-order valence-corrected chi connectivity index (χ4v) is 2.24. The molecule has 0 unspecified atom stereocenters. The maximum atomic E-state index is 12.1. The number of rotatable bonds is 1. The summed E-state index contributed by atoms with van der Waals surface area (Å²) in [7, 11) is 0. The van der Waals surface area contributed by atoms with Crippen LogP contribution < -0.4 is 4.74 Å². The lowest BCUT2D eigenvalue weighted by atomic mass is 10.2. The van der Waals surface area contributed by atoms with E-state index in [9.17, 15) is 13.2 Å². The average molecular weight is 341 g/mol. The summed E-state index contributed by atoms with van der Waals surface area (Å²) in [5, 5.41) is 0.832. The summed E-state index contributed by atoms with van der Waals surface area (Å²) in [6.45, 7) is 1.71. The maximum Gasteiger partial charge on any atom is 0.573 e. The number of benzene rings is 1. The minimum atomic E-state index is -4.72. The van der Waals surface area contributed by atoms with Gasteiger partial charge in [-0.3, -0.25) is 4.98 Å². The topological polar surface area (TPSA) is 22.1 Å². The Kier molecular flexibility index (Phi) is 3.42. The van der Waals surface area contributed by atoms with Crippen molar-refractivity contribution in [3.8, 4) is 5.75 Å². The van der Waals surface area contributed by atoms with Crippen molar-refractivity contribution < 1.29 is 17.9 Å². The monoisotopic (exact) mass is 339 g/mol. The number of ether oxygens (including phenoxy) is 1. The summed E-state index contributed by atoms with van der Waals surface area (Å²) in [6.07, 6.45) is -4.72. The lowest BCUT2D eigenvalue weighted by Gasteiger charge is -2.11. The standard InChI is InChI=1S/C11H6BrClF3NO/c1-5-10(13)9(12)7-4-6(18-11(14,15)16)2-3-8(7)17-5/h2-4H,1H3. The minimum Gasteiger partial charge on any atom is -0.406 e. The molecule has 0 aliphatic heterocycles. The summed E-state index contributed by atoms with van der Waals surface area (Å²) in [4.78, 5) is 4.17. The highest BCUT2D eigenvalue weighted by molar-refractivity contribution is 9.10. The number of halogens is 5. The van der Waals surface area contributed by atoms with Gasteiger partial charge in [-0.2, -0.15) is 0 Å². The molecule has 2 nitrogen and oxygen atoms in total. The molecule has 0 amide bonds. The van der Waals surface area contributed by atoms with Crippen LogP contribution in [-0.2, 0) is 0 Å². The SMILES string of the molecule is Cc1nc2ccc(OC(F)(F)F)cc2c(Br)c1Cl. The summed E-state index contributed by atoms with van der Waals surface area (Å²) in [5.41, 5.74) is 1.14. The zero-order valence-electron chi connectivity index (χ0n) is 8.98. The van der Waals surface area contributed by atoms with Crippen molar-refractivity contribution in [3.63, 3.8) is 0 Å². The van der Waals surface area contributed by atoms with Crippen molar-refractivity contribution in [1.29, 1.82) is 0 Å². The van der Waals surface area contributed by atoms with Gasteiger partial charge in [0.05, 0.1) is 16.2 Å². The van der Waals surface area contributed by atoms with Gasteiger partial charge in [-0.1, -0.05) is 11.6 Å². The van der Waals surface area contributed by atoms with Gasteiger partial charge in [0.1, 0.15) is 5.75 Å². The molecule has 0 aliphatic carbocycles. The molecule has 0 spiro atoms. The first-order valence-corrected chi connectivity index (χ1v) is 5.96. The second kappa shape index (κ2) is 4.59. The third-order valence-corrected chi connectivity index (χ3v) is 3.75. The highest BCUT2D eigenvalue weighted by Gasteiger charge is 2.31. The van der Waals surface area contributed by atoms with Gasteiger partial charge in [-0.25, -0.2) is 0 Å². The van der Waals surface area contributed by atoms with E-state index in [2.05, 4.69) is 25.7 Å². The van der Waals surface area contributed by atoms with Crippen molar-refractivity contribution in [1.82, 2.24) is 4.98 Å². The maximum absolute atomic E-state index is 12.1. The van der Waals surface area contributed by atoms with Crippen molar-refractivity contribution in [3.05, 3.63) is 33.4 Å². The van der Waals surface area contributed by atoms with E-state index in [0.717, 1.165) is 0 Å². The van der Waals surface area contributed by atoms with Crippen LogP contribution in [0, 0.1) is 6.92 Å². The molecule has 1 aromatic heterocycles. The number of fused-ring (bicyclic) bond motifs is 1. The fourth-order valence-electron chi connectivity index (χ4n) is 1.49. The Morgan fingerprint density at radius 2 is 2.00 bits per heavy atom. The lowest BCUT2D eigenvalue weighted by molar-refractivity contribution is -0.274. The van der Waals surface area contributed by atoms with E-state index in [1.54, 1.807) is 6.92 Å². The Labute approximate surface area is 114 Å². The Morgan fingerprint density at radius 1 is 1.33 bits per heavy atom. The molecule has 0 saturated carbocycles. The van der Waals surface area contributed by atoms with E-state index < -0.39 is 6.36 Å². The van der Waals surface area contributed by atoms with E-state index in [4.69, 9.17) is 11.6 Å². The van der Waals surface area contributed by atoms with E-state index in [0.29, 0.717) is 26.1 Å². The highest BCUT2D eigenvalue weighted by atomic mass is 79.9. The number of pyridine rings is 1. The molecule has 2 aromatic rings. The molecule has 1 heterocycles. The highest BCUT2D eigenvalue weighted by Crippen LogP contribution is 2.35. The van der Waals surface area contributed by atoms with Gasteiger partial charge in [-0.05, 0) is 41.1 Å². The van der Waals surface area contributed by atoms with Gasteiger partial charge >= 0.3 is 6.36 Å². The number of aromatic nitrogens is 1. The second-order valence-electron chi connectivity index (χ2n) is 3.55.